The fourth-order valence-electron chi connectivity index (χ4n) is 1.56. The van der Waals surface area contributed by atoms with Crippen LogP contribution in [0.5, 0.6) is 0 Å². The number of nitrogens with one attached hydrogen (secondary N) is 2. The molecular formula is C13H18N2O4S. The first-order valence-corrected chi connectivity index (χ1v) is 8.09. The van der Waals surface area contributed by atoms with Gasteiger partial charge in [0.2, 0.25) is 5.91 Å². The quantitative estimate of drug-likeness (QED) is 0.792. The summed E-state index contributed by atoms with van der Waals surface area (Å²) in [6.45, 7) is 2.27. The molecule has 0 radical (unpaired) electrons. The van der Waals surface area contributed by atoms with E-state index in [2.05, 4.69) is 10.6 Å². The molecule has 0 aliphatic carbocycles. The summed E-state index contributed by atoms with van der Waals surface area (Å²) < 4.78 is 23.2. The second kappa shape index (κ2) is 7.04. The molecule has 1 rings (SSSR count). The Balaban J connectivity index is 2.77. The number of sulfone groups is 1. The van der Waals surface area contributed by atoms with Crippen LogP contribution in [0.4, 0.5) is 0 Å². The predicted octanol–water partition coefficient (Wildman–Crippen LogP) is 0.346. The van der Waals surface area contributed by atoms with E-state index in [0.717, 1.165) is 12.7 Å². The SMILES string of the molecule is CCCNC(=O)CNC(=O)c1ccccc1S(C)(=O)=O. The van der Waals surface area contributed by atoms with Crippen molar-refractivity contribution in [3.63, 3.8) is 0 Å². The summed E-state index contributed by atoms with van der Waals surface area (Å²) >= 11 is 0. The van der Waals surface area contributed by atoms with Gasteiger partial charge in [0.25, 0.3) is 5.91 Å². The van der Waals surface area contributed by atoms with Gasteiger partial charge in [-0.1, -0.05) is 19.1 Å². The number of hydrogen-bond donors (Lipinski definition) is 2. The molecule has 1 aromatic rings. The maximum absolute atomic E-state index is 11.9. The van der Waals surface area contributed by atoms with Crippen LogP contribution in [0, 0.1) is 0 Å². The minimum absolute atomic E-state index is 0.0401. The highest BCUT2D eigenvalue weighted by Crippen LogP contribution is 2.14. The number of carbonyl (C=O) groups is 2. The van der Waals surface area contributed by atoms with Crippen molar-refractivity contribution in [2.75, 3.05) is 19.3 Å². The third kappa shape index (κ3) is 4.65. The summed E-state index contributed by atoms with van der Waals surface area (Å²) in [7, 11) is -3.49. The lowest BCUT2D eigenvalue weighted by atomic mass is 10.2. The van der Waals surface area contributed by atoms with Crippen LogP contribution in [0.3, 0.4) is 0 Å². The van der Waals surface area contributed by atoms with E-state index in [4.69, 9.17) is 0 Å². The largest absolute Gasteiger partial charge is 0.355 e. The molecule has 0 saturated heterocycles. The van der Waals surface area contributed by atoms with Gasteiger partial charge < -0.3 is 10.6 Å². The first-order chi connectivity index (χ1) is 9.36. The molecule has 0 heterocycles. The van der Waals surface area contributed by atoms with Crippen LogP contribution in [0.1, 0.15) is 23.7 Å². The van der Waals surface area contributed by atoms with Crippen molar-refractivity contribution in [3.05, 3.63) is 29.8 Å². The highest BCUT2D eigenvalue weighted by atomic mass is 32.2. The standard InChI is InChI=1S/C13H18N2O4S/c1-3-8-14-12(16)9-15-13(17)10-6-4-5-7-11(10)20(2,18)19/h4-7H,3,8-9H2,1-2H3,(H,14,16)(H,15,17). The fourth-order valence-corrected chi connectivity index (χ4v) is 2.45. The highest BCUT2D eigenvalue weighted by molar-refractivity contribution is 7.90. The number of carbonyl (C=O) groups excluding carboxylic acids is 2. The minimum Gasteiger partial charge on any atom is -0.355 e. The number of amides is 2. The Hall–Kier alpha value is -1.89. The first kappa shape index (κ1) is 16.2. The van der Waals surface area contributed by atoms with Gasteiger partial charge in [-0.15, -0.1) is 0 Å². The molecule has 6 nitrogen and oxygen atoms in total. The summed E-state index contributed by atoms with van der Waals surface area (Å²) in [5.74, 6) is -0.894. The van der Waals surface area contributed by atoms with Crippen LogP contribution in [0.15, 0.2) is 29.2 Å². The molecule has 0 unspecified atom stereocenters. The van der Waals surface area contributed by atoms with Crippen LogP contribution in [0.2, 0.25) is 0 Å². The second-order valence-electron chi connectivity index (χ2n) is 4.30. The van der Waals surface area contributed by atoms with Crippen molar-refractivity contribution in [1.29, 1.82) is 0 Å². The van der Waals surface area contributed by atoms with Crippen LogP contribution >= 0.6 is 0 Å². The van der Waals surface area contributed by atoms with Crippen molar-refractivity contribution in [3.8, 4) is 0 Å². The lowest BCUT2D eigenvalue weighted by Crippen LogP contribution is -2.37. The van der Waals surface area contributed by atoms with Gasteiger partial charge >= 0.3 is 0 Å². The summed E-state index contributed by atoms with van der Waals surface area (Å²) in [6.07, 6.45) is 1.84. The average Bonchev–Trinajstić information content (AvgIpc) is 2.41. The Morgan fingerprint density at radius 2 is 1.80 bits per heavy atom. The molecule has 0 bridgehead atoms. The van der Waals surface area contributed by atoms with Gasteiger partial charge in [-0.3, -0.25) is 9.59 Å². The molecule has 0 aliphatic heterocycles. The normalized spacial score (nSPS) is 10.9. The molecule has 0 spiro atoms. The van der Waals surface area contributed by atoms with E-state index in [1.54, 1.807) is 12.1 Å². The zero-order valence-corrected chi connectivity index (χ0v) is 12.3. The van der Waals surface area contributed by atoms with E-state index < -0.39 is 15.7 Å². The highest BCUT2D eigenvalue weighted by Gasteiger charge is 2.18. The maximum atomic E-state index is 11.9. The second-order valence-corrected chi connectivity index (χ2v) is 6.29. The Labute approximate surface area is 118 Å². The van der Waals surface area contributed by atoms with E-state index in [-0.39, 0.29) is 22.9 Å². The molecule has 0 fully saturated rings. The summed E-state index contributed by atoms with van der Waals surface area (Å²) in [6, 6.07) is 5.89. The number of benzene rings is 1. The molecule has 1 aromatic carbocycles. The third-order valence-electron chi connectivity index (χ3n) is 2.51. The van der Waals surface area contributed by atoms with Crippen molar-refractivity contribution >= 4 is 21.7 Å². The van der Waals surface area contributed by atoms with Crippen molar-refractivity contribution < 1.29 is 18.0 Å². The Kier molecular flexibility index (Phi) is 5.69. The smallest absolute Gasteiger partial charge is 0.253 e. The summed E-state index contributed by atoms with van der Waals surface area (Å²) in [5, 5.41) is 5.02. The van der Waals surface area contributed by atoms with E-state index in [1.807, 2.05) is 6.92 Å². The lowest BCUT2D eigenvalue weighted by Gasteiger charge is -2.09. The van der Waals surface area contributed by atoms with Crippen molar-refractivity contribution in [2.45, 2.75) is 18.2 Å². The number of hydrogen-bond acceptors (Lipinski definition) is 4. The maximum Gasteiger partial charge on any atom is 0.253 e. The minimum atomic E-state index is -3.49. The molecule has 2 N–H and O–H groups in total. The van der Waals surface area contributed by atoms with Gasteiger partial charge in [-0.2, -0.15) is 0 Å². The summed E-state index contributed by atoms with van der Waals surface area (Å²) in [5.41, 5.74) is 0.0401. The van der Waals surface area contributed by atoms with Gasteiger partial charge in [0.05, 0.1) is 17.0 Å². The van der Waals surface area contributed by atoms with Gasteiger partial charge in [-0.05, 0) is 18.6 Å². The topological polar surface area (TPSA) is 92.3 Å². The van der Waals surface area contributed by atoms with E-state index in [1.165, 1.54) is 12.1 Å². The Morgan fingerprint density at radius 1 is 1.15 bits per heavy atom. The molecular weight excluding hydrogens is 280 g/mol. The zero-order valence-electron chi connectivity index (χ0n) is 11.5. The molecule has 7 heteroatoms. The molecule has 0 aromatic heterocycles. The average molecular weight is 298 g/mol. The van der Waals surface area contributed by atoms with Crippen LogP contribution < -0.4 is 10.6 Å². The Morgan fingerprint density at radius 3 is 2.40 bits per heavy atom. The fraction of sp³-hybridized carbons (Fsp3) is 0.385. The molecule has 0 aliphatic rings. The summed E-state index contributed by atoms with van der Waals surface area (Å²) in [4.78, 5) is 23.3. The van der Waals surface area contributed by atoms with E-state index in [9.17, 15) is 18.0 Å². The van der Waals surface area contributed by atoms with Gasteiger partial charge in [-0.25, -0.2) is 8.42 Å². The molecule has 20 heavy (non-hydrogen) atoms. The van der Waals surface area contributed by atoms with Crippen LogP contribution in [-0.4, -0.2) is 39.6 Å². The van der Waals surface area contributed by atoms with E-state index in [0.29, 0.717) is 6.54 Å². The molecule has 0 saturated carbocycles. The van der Waals surface area contributed by atoms with Crippen LogP contribution in [-0.2, 0) is 14.6 Å². The van der Waals surface area contributed by atoms with Crippen molar-refractivity contribution in [1.82, 2.24) is 10.6 Å². The van der Waals surface area contributed by atoms with Gasteiger partial charge in [0, 0.05) is 12.8 Å². The molecule has 2 amide bonds. The van der Waals surface area contributed by atoms with Crippen molar-refractivity contribution in [2.24, 2.45) is 0 Å². The van der Waals surface area contributed by atoms with Gasteiger partial charge in [0.15, 0.2) is 9.84 Å². The van der Waals surface area contributed by atoms with E-state index >= 15 is 0 Å². The molecule has 110 valence electrons. The predicted molar refractivity (Wildman–Crippen MR) is 75.2 cm³/mol. The monoisotopic (exact) mass is 298 g/mol. The number of rotatable bonds is 6. The lowest BCUT2D eigenvalue weighted by molar-refractivity contribution is -0.120. The van der Waals surface area contributed by atoms with Gasteiger partial charge in [0.1, 0.15) is 0 Å². The Bertz CT molecular complexity index is 596. The van der Waals surface area contributed by atoms with Crippen LogP contribution in [0.25, 0.3) is 0 Å². The molecule has 0 atom stereocenters. The third-order valence-corrected chi connectivity index (χ3v) is 3.67. The first-order valence-electron chi connectivity index (χ1n) is 6.20. The zero-order chi connectivity index (χ0) is 15.2.